The number of carbonyl (C=O) groups excluding carboxylic acids is 1. The second-order valence-corrected chi connectivity index (χ2v) is 7.54. The van der Waals surface area contributed by atoms with E-state index in [0.717, 1.165) is 0 Å². The molecule has 1 aromatic heterocycles. The first-order valence-electron chi connectivity index (χ1n) is 8.34. The van der Waals surface area contributed by atoms with Crippen LogP contribution in [-0.2, 0) is 7.05 Å². The van der Waals surface area contributed by atoms with E-state index < -0.39 is 12.1 Å². The fourth-order valence-electron chi connectivity index (χ4n) is 2.79. The summed E-state index contributed by atoms with van der Waals surface area (Å²) < 4.78 is 1.43. The largest absolute Gasteiger partial charge is 0.322 e. The Morgan fingerprint density at radius 2 is 1.93 bits per heavy atom. The number of carbonyl (C=O) groups is 1. The molecule has 2 aromatic carbocycles. The number of aromatic nitrogens is 2. The van der Waals surface area contributed by atoms with Gasteiger partial charge in [-0.2, -0.15) is 0 Å². The average Bonchev–Trinajstić information content (AvgIpc) is 2.66. The number of anilines is 1. The molecule has 146 valence electrons. The molecule has 0 aliphatic rings. The van der Waals surface area contributed by atoms with Gasteiger partial charge in [0.05, 0.1) is 32.7 Å². The van der Waals surface area contributed by atoms with E-state index in [2.05, 4.69) is 10.3 Å². The molecular weight excluding hydrogens is 423 g/mol. The van der Waals surface area contributed by atoms with E-state index in [4.69, 9.17) is 34.8 Å². The van der Waals surface area contributed by atoms with Crippen LogP contribution in [0.4, 0.5) is 10.5 Å². The lowest BCUT2D eigenvalue weighted by atomic mass is 10.2. The lowest BCUT2D eigenvalue weighted by Gasteiger charge is -2.26. The van der Waals surface area contributed by atoms with Gasteiger partial charge in [-0.25, -0.2) is 9.78 Å². The number of hydrogen-bond donors (Lipinski definition) is 1. The van der Waals surface area contributed by atoms with Gasteiger partial charge >= 0.3 is 6.03 Å². The first-order valence-corrected chi connectivity index (χ1v) is 9.48. The average molecular weight is 440 g/mol. The Bertz CT molecular complexity index is 1130. The molecule has 1 heterocycles. The van der Waals surface area contributed by atoms with Gasteiger partial charge in [-0.3, -0.25) is 9.36 Å². The van der Waals surface area contributed by atoms with Crippen LogP contribution in [0.2, 0.25) is 15.1 Å². The van der Waals surface area contributed by atoms with Crippen molar-refractivity contribution in [1.29, 1.82) is 0 Å². The van der Waals surface area contributed by atoms with Gasteiger partial charge in [0, 0.05) is 19.1 Å². The van der Waals surface area contributed by atoms with E-state index in [9.17, 15) is 9.59 Å². The summed E-state index contributed by atoms with van der Waals surface area (Å²) in [5, 5.41) is 4.25. The van der Waals surface area contributed by atoms with Crippen molar-refractivity contribution in [2.75, 3.05) is 12.4 Å². The summed E-state index contributed by atoms with van der Waals surface area (Å²) in [6.07, 6.45) is 0. The first-order chi connectivity index (χ1) is 13.2. The van der Waals surface area contributed by atoms with Crippen molar-refractivity contribution < 1.29 is 4.79 Å². The number of benzene rings is 2. The summed E-state index contributed by atoms with van der Waals surface area (Å²) in [6.45, 7) is 1.78. The molecule has 0 bridgehead atoms. The Morgan fingerprint density at radius 1 is 1.21 bits per heavy atom. The zero-order chi connectivity index (χ0) is 20.6. The molecule has 1 unspecified atom stereocenters. The minimum absolute atomic E-state index is 0.213. The monoisotopic (exact) mass is 438 g/mol. The lowest BCUT2D eigenvalue weighted by molar-refractivity contribution is 0.205. The minimum Gasteiger partial charge on any atom is -0.318 e. The summed E-state index contributed by atoms with van der Waals surface area (Å²) in [5.41, 5.74) is 0.657. The fourth-order valence-corrected chi connectivity index (χ4v) is 3.30. The molecule has 0 saturated carbocycles. The van der Waals surface area contributed by atoms with Gasteiger partial charge in [0.25, 0.3) is 5.56 Å². The van der Waals surface area contributed by atoms with E-state index in [1.54, 1.807) is 57.4 Å². The van der Waals surface area contributed by atoms with Gasteiger partial charge in [-0.1, -0.05) is 40.9 Å². The van der Waals surface area contributed by atoms with Gasteiger partial charge in [0.1, 0.15) is 5.82 Å². The molecule has 0 aliphatic heterocycles. The highest BCUT2D eigenvalue weighted by Crippen LogP contribution is 2.30. The van der Waals surface area contributed by atoms with Crippen LogP contribution >= 0.6 is 34.8 Å². The first kappa shape index (κ1) is 20.5. The Balaban J connectivity index is 1.93. The SMILES string of the molecule is CC(c1nc2cc(Cl)ccc2c(=O)n1C)N(C)C(=O)Nc1cccc(Cl)c1Cl. The smallest absolute Gasteiger partial charge is 0.318 e. The third-order valence-electron chi connectivity index (χ3n) is 4.54. The summed E-state index contributed by atoms with van der Waals surface area (Å²) in [5.74, 6) is 0.426. The molecule has 1 atom stereocenters. The highest BCUT2D eigenvalue weighted by Gasteiger charge is 2.23. The van der Waals surface area contributed by atoms with Crippen LogP contribution in [0.3, 0.4) is 0 Å². The maximum Gasteiger partial charge on any atom is 0.322 e. The van der Waals surface area contributed by atoms with Crippen molar-refractivity contribution in [2.24, 2.45) is 7.05 Å². The Labute approximate surface area is 176 Å². The lowest BCUT2D eigenvalue weighted by Crippen LogP contribution is -2.37. The van der Waals surface area contributed by atoms with Gasteiger partial charge in [-0.15, -0.1) is 0 Å². The topological polar surface area (TPSA) is 67.2 Å². The van der Waals surface area contributed by atoms with Crippen LogP contribution in [-0.4, -0.2) is 27.5 Å². The molecule has 1 N–H and O–H groups in total. The van der Waals surface area contributed by atoms with Crippen LogP contribution in [0.5, 0.6) is 0 Å². The van der Waals surface area contributed by atoms with Crippen molar-refractivity contribution in [3.63, 3.8) is 0 Å². The molecular formula is C19H17Cl3N4O2. The fraction of sp³-hybridized carbons (Fsp3) is 0.211. The van der Waals surface area contributed by atoms with Crippen molar-refractivity contribution in [1.82, 2.24) is 14.5 Å². The van der Waals surface area contributed by atoms with E-state index >= 15 is 0 Å². The summed E-state index contributed by atoms with van der Waals surface area (Å²) in [6, 6.07) is 8.95. The summed E-state index contributed by atoms with van der Waals surface area (Å²) in [4.78, 5) is 31.3. The van der Waals surface area contributed by atoms with Gasteiger partial charge in [0.2, 0.25) is 0 Å². The third kappa shape index (κ3) is 3.81. The van der Waals surface area contributed by atoms with Gasteiger partial charge < -0.3 is 10.2 Å². The van der Waals surface area contributed by atoms with Crippen molar-refractivity contribution in [3.05, 3.63) is 67.6 Å². The highest BCUT2D eigenvalue weighted by molar-refractivity contribution is 6.44. The van der Waals surface area contributed by atoms with Crippen molar-refractivity contribution in [2.45, 2.75) is 13.0 Å². The molecule has 0 fully saturated rings. The molecule has 2 amide bonds. The maximum absolute atomic E-state index is 12.7. The van der Waals surface area contributed by atoms with Crippen LogP contribution in [0.25, 0.3) is 10.9 Å². The number of nitrogens with zero attached hydrogens (tertiary/aromatic N) is 3. The molecule has 0 aliphatic carbocycles. The van der Waals surface area contributed by atoms with E-state index in [0.29, 0.717) is 32.5 Å². The maximum atomic E-state index is 12.7. The minimum atomic E-state index is -0.501. The molecule has 3 aromatic rings. The number of nitrogens with one attached hydrogen (secondary N) is 1. The van der Waals surface area contributed by atoms with Crippen LogP contribution in [0.1, 0.15) is 18.8 Å². The normalized spacial score (nSPS) is 12.1. The van der Waals surface area contributed by atoms with E-state index in [-0.39, 0.29) is 10.6 Å². The van der Waals surface area contributed by atoms with Gasteiger partial charge in [-0.05, 0) is 37.3 Å². The van der Waals surface area contributed by atoms with E-state index in [1.165, 1.54) is 9.47 Å². The van der Waals surface area contributed by atoms with Crippen LogP contribution in [0, 0.1) is 0 Å². The zero-order valence-electron chi connectivity index (χ0n) is 15.3. The summed E-state index contributed by atoms with van der Waals surface area (Å²) in [7, 11) is 3.22. The quantitative estimate of drug-likeness (QED) is 0.616. The summed E-state index contributed by atoms with van der Waals surface area (Å²) >= 11 is 18.1. The zero-order valence-corrected chi connectivity index (χ0v) is 17.6. The Hall–Kier alpha value is -2.28. The molecule has 6 nitrogen and oxygen atoms in total. The molecule has 0 saturated heterocycles. The standard InChI is InChI=1S/C19H17Cl3N4O2/c1-10(25(2)19(28)24-14-6-4-5-13(21)16(14)22)17-23-15-9-11(20)7-8-12(15)18(27)26(17)3/h4-10H,1-3H3,(H,24,28). The molecule has 0 spiro atoms. The number of hydrogen-bond acceptors (Lipinski definition) is 3. The number of amides is 2. The predicted molar refractivity (Wildman–Crippen MR) is 114 cm³/mol. The molecule has 28 heavy (non-hydrogen) atoms. The van der Waals surface area contributed by atoms with Crippen LogP contribution in [0.15, 0.2) is 41.2 Å². The third-order valence-corrected chi connectivity index (χ3v) is 5.60. The molecule has 0 radical (unpaired) electrons. The van der Waals surface area contributed by atoms with Gasteiger partial charge in [0.15, 0.2) is 0 Å². The second kappa shape index (κ2) is 7.99. The number of fused-ring (bicyclic) bond motifs is 1. The van der Waals surface area contributed by atoms with Crippen molar-refractivity contribution in [3.8, 4) is 0 Å². The number of urea groups is 1. The second-order valence-electron chi connectivity index (χ2n) is 6.31. The molecule has 9 heteroatoms. The number of rotatable bonds is 3. The highest BCUT2D eigenvalue weighted by atomic mass is 35.5. The van der Waals surface area contributed by atoms with E-state index in [1.807, 2.05) is 0 Å². The Morgan fingerprint density at radius 3 is 2.64 bits per heavy atom. The van der Waals surface area contributed by atoms with Crippen LogP contribution < -0.4 is 10.9 Å². The Kier molecular flexibility index (Phi) is 5.84. The number of halogens is 3. The molecule has 3 rings (SSSR count). The van der Waals surface area contributed by atoms with Crippen molar-refractivity contribution >= 4 is 57.4 Å². The predicted octanol–water partition coefficient (Wildman–Crippen LogP) is 5.12.